The lowest BCUT2D eigenvalue weighted by Crippen LogP contribution is -1.83. The van der Waals surface area contributed by atoms with E-state index in [1.807, 2.05) is 17.5 Å². The highest BCUT2D eigenvalue weighted by Gasteiger charge is 2.07. The lowest BCUT2D eigenvalue weighted by Gasteiger charge is -2.01. The first kappa shape index (κ1) is 9.97. The van der Waals surface area contributed by atoms with Gasteiger partial charge in [0.2, 0.25) is 0 Å². The fourth-order valence-corrected chi connectivity index (χ4v) is 2.98. The molecule has 0 aliphatic rings. The van der Waals surface area contributed by atoms with Gasteiger partial charge in [-0.05, 0) is 40.4 Å². The zero-order valence-electron chi connectivity index (χ0n) is 7.88. The van der Waals surface area contributed by atoms with Crippen molar-refractivity contribution in [2.24, 2.45) is 0 Å². The molecule has 1 aromatic carbocycles. The van der Waals surface area contributed by atoms with E-state index in [4.69, 9.17) is 16.7 Å². The molecule has 1 nitrogen and oxygen atoms in total. The summed E-state index contributed by atoms with van der Waals surface area (Å²) in [4.78, 5) is 0. The second-order valence-electron chi connectivity index (χ2n) is 3.21. The molecule has 14 heavy (non-hydrogen) atoms. The van der Waals surface area contributed by atoms with Crippen molar-refractivity contribution in [2.45, 2.75) is 20.0 Å². The molecule has 3 heteroatoms. The lowest BCUT2D eigenvalue weighted by molar-refractivity contribution is 0.284. The van der Waals surface area contributed by atoms with Gasteiger partial charge in [0.25, 0.3) is 0 Å². The Morgan fingerprint density at radius 3 is 2.79 bits per heavy atom. The molecule has 0 aliphatic heterocycles. The van der Waals surface area contributed by atoms with E-state index >= 15 is 0 Å². The van der Waals surface area contributed by atoms with Crippen LogP contribution in [0.25, 0.3) is 10.1 Å². The van der Waals surface area contributed by atoms with Crippen LogP contribution in [0.4, 0.5) is 0 Å². The molecule has 2 aromatic rings. The number of hydrogen-bond donors (Lipinski definition) is 1. The first-order chi connectivity index (χ1) is 6.76. The number of benzene rings is 1. The Hall–Kier alpha value is -0.570. The van der Waals surface area contributed by atoms with Crippen molar-refractivity contribution in [1.82, 2.24) is 0 Å². The van der Waals surface area contributed by atoms with Crippen LogP contribution >= 0.6 is 22.9 Å². The Labute approximate surface area is 91.9 Å². The van der Waals surface area contributed by atoms with Gasteiger partial charge in [0.15, 0.2) is 0 Å². The molecule has 0 atom stereocenters. The quantitative estimate of drug-likeness (QED) is 0.830. The molecule has 1 aromatic heterocycles. The summed E-state index contributed by atoms with van der Waals surface area (Å²) in [6.45, 7) is 2.20. The molecule has 0 saturated heterocycles. The molecule has 0 saturated carbocycles. The summed E-state index contributed by atoms with van der Waals surface area (Å²) in [5, 5.41) is 13.0. The highest BCUT2D eigenvalue weighted by molar-refractivity contribution is 7.17. The van der Waals surface area contributed by atoms with E-state index in [0.29, 0.717) is 0 Å². The summed E-state index contributed by atoms with van der Waals surface area (Å²) in [7, 11) is 0. The topological polar surface area (TPSA) is 20.2 Å². The van der Waals surface area contributed by atoms with E-state index in [9.17, 15) is 0 Å². The average molecular weight is 227 g/mol. The molecule has 0 radical (unpaired) electrons. The van der Waals surface area contributed by atoms with Crippen molar-refractivity contribution in [3.05, 3.63) is 33.7 Å². The van der Waals surface area contributed by atoms with Crippen molar-refractivity contribution >= 4 is 33.0 Å². The Kier molecular flexibility index (Phi) is 2.77. The van der Waals surface area contributed by atoms with Gasteiger partial charge in [-0.3, -0.25) is 0 Å². The number of rotatable bonds is 2. The second-order valence-corrected chi connectivity index (χ2v) is 4.53. The summed E-state index contributed by atoms with van der Waals surface area (Å²) < 4.78 is 1.25. The molecule has 0 spiro atoms. The predicted molar refractivity (Wildman–Crippen MR) is 62.1 cm³/mol. The van der Waals surface area contributed by atoms with Gasteiger partial charge in [0, 0.05) is 9.72 Å². The molecule has 2 rings (SSSR count). The Balaban J connectivity index is 2.76. The van der Waals surface area contributed by atoms with Gasteiger partial charge >= 0.3 is 0 Å². The largest absolute Gasteiger partial charge is 0.392 e. The van der Waals surface area contributed by atoms with Crippen molar-refractivity contribution in [2.75, 3.05) is 0 Å². The van der Waals surface area contributed by atoms with Crippen molar-refractivity contribution < 1.29 is 5.11 Å². The predicted octanol–water partition coefficient (Wildman–Crippen LogP) is 3.61. The molecule has 74 valence electrons. The van der Waals surface area contributed by atoms with Gasteiger partial charge in [-0.15, -0.1) is 11.3 Å². The van der Waals surface area contributed by atoms with Crippen molar-refractivity contribution in [3.8, 4) is 0 Å². The van der Waals surface area contributed by atoms with E-state index in [-0.39, 0.29) is 6.61 Å². The minimum absolute atomic E-state index is 0.0868. The second kappa shape index (κ2) is 3.89. The molecule has 0 unspecified atom stereocenters. The number of fused-ring (bicyclic) bond motifs is 1. The van der Waals surface area contributed by atoms with Crippen LogP contribution in [0.5, 0.6) is 0 Å². The highest BCUT2D eigenvalue weighted by atomic mass is 35.5. The SMILES string of the molecule is CCc1cc(Cl)cc2c(CO)csc12. The number of aliphatic hydroxyl groups is 1. The maximum atomic E-state index is 9.14. The normalized spacial score (nSPS) is 11.1. The summed E-state index contributed by atoms with van der Waals surface area (Å²) in [5.74, 6) is 0. The van der Waals surface area contributed by atoms with Gasteiger partial charge in [-0.25, -0.2) is 0 Å². The Bertz CT molecular complexity index is 462. The Morgan fingerprint density at radius 1 is 1.36 bits per heavy atom. The van der Waals surface area contributed by atoms with E-state index < -0.39 is 0 Å². The van der Waals surface area contributed by atoms with E-state index in [2.05, 4.69) is 6.92 Å². The van der Waals surface area contributed by atoms with Crippen LogP contribution in [0.2, 0.25) is 5.02 Å². The number of hydrogen-bond acceptors (Lipinski definition) is 2. The number of aliphatic hydroxyl groups excluding tert-OH is 1. The van der Waals surface area contributed by atoms with Crippen molar-refractivity contribution in [3.63, 3.8) is 0 Å². The maximum absolute atomic E-state index is 9.14. The standard InChI is InChI=1S/C11H11ClOS/c1-2-7-3-9(12)4-10-8(5-13)6-14-11(7)10/h3-4,6,13H,2,5H2,1H3. The van der Waals surface area contributed by atoms with Crippen LogP contribution in [-0.4, -0.2) is 5.11 Å². The summed E-state index contributed by atoms with van der Waals surface area (Å²) in [6.07, 6.45) is 0.975. The van der Waals surface area contributed by atoms with Crippen LogP contribution in [-0.2, 0) is 13.0 Å². The molecular weight excluding hydrogens is 216 g/mol. The first-order valence-electron chi connectivity index (χ1n) is 4.55. The Morgan fingerprint density at radius 2 is 2.14 bits per heavy atom. The monoisotopic (exact) mass is 226 g/mol. The van der Waals surface area contributed by atoms with Gasteiger partial charge in [0.1, 0.15) is 0 Å². The molecule has 0 aliphatic carbocycles. The molecule has 0 bridgehead atoms. The third-order valence-corrected chi connectivity index (χ3v) is 3.69. The lowest BCUT2D eigenvalue weighted by atomic mass is 10.1. The molecule has 1 heterocycles. The third-order valence-electron chi connectivity index (χ3n) is 2.35. The summed E-state index contributed by atoms with van der Waals surface area (Å²) in [5.41, 5.74) is 2.24. The van der Waals surface area contributed by atoms with Crippen LogP contribution in [0, 0.1) is 0 Å². The number of halogens is 1. The zero-order chi connectivity index (χ0) is 10.1. The summed E-state index contributed by atoms with van der Waals surface area (Å²) >= 11 is 7.69. The van der Waals surface area contributed by atoms with Gasteiger partial charge in [-0.1, -0.05) is 18.5 Å². The fourth-order valence-electron chi connectivity index (χ4n) is 1.61. The maximum Gasteiger partial charge on any atom is 0.0696 e. The minimum atomic E-state index is 0.0868. The molecular formula is C11H11ClOS. The summed E-state index contributed by atoms with van der Waals surface area (Å²) in [6, 6.07) is 3.93. The van der Waals surface area contributed by atoms with Crippen LogP contribution in [0.1, 0.15) is 18.1 Å². The molecule has 1 N–H and O–H groups in total. The number of thiophene rings is 1. The number of aryl methyl sites for hydroxylation is 1. The van der Waals surface area contributed by atoms with Gasteiger partial charge in [0.05, 0.1) is 6.61 Å². The third kappa shape index (κ3) is 1.54. The fraction of sp³-hybridized carbons (Fsp3) is 0.273. The first-order valence-corrected chi connectivity index (χ1v) is 5.81. The van der Waals surface area contributed by atoms with E-state index in [1.54, 1.807) is 11.3 Å². The highest BCUT2D eigenvalue weighted by Crippen LogP contribution is 2.32. The van der Waals surface area contributed by atoms with Crippen LogP contribution in [0.3, 0.4) is 0 Å². The van der Waals surface area contributed by atoms with Crippen LogP contribution in [0.15, 0.2) is 17.5 Å². The average Bonchev–Trinajstić information content (AvgIpc) is 2.59. The zero-order valence-corrected chi connectivity index (χ0v) is 9.45. The van der Waals surface area contributed by atoms with Gasteiger partial charge < -0.3 is 5.11 Å². The molecule has 0 amide bonds. The van der Waals surface area contributed by atoms with Crippen molar-refractivity contribution in [1.29, 1.82) is 0 Å². The van der Waals surface area contributed by atoms with Gasteiger partial charge in [-0.2, -0.15) is 0 Å². The van der Waals surface area contributed by atoms with E-state index in [0.717, 1.165) is 22.4 Å². The minimum Gasteiger partial charge on any atom is -0.392 e. The van der Waals surface area contributed by atoms with Crippen LogP contribution < -0.4 is 0 Å². The van der Waals surface area contributed by atoms with E-state index in [1.165, 1.54) is 10.3 Å². The smallest absolute Gasteiger partial charge is 0.0696 e. The molecule has 0 fully saturated rings.